The van der Waals surface area contributed by atoms with Gasteiger partial charge in [-0.15, -0.1) is 11.6 Å². The van der Waals surface area contributed by atoms with Crippen LogP contribution in [0.3, 0.4) is 0 Å². The summed E-state index contributed by atoms with van der Waals surface area (Å²) in [4.78, 5) is 0. The van der Waals surface area contributed by atoms with E-state index in [4.69, 9.17) is 18.2 Å². The summed E-state index contributed by atoms with van der Waals surface area (Å²) < 4.78 is 0. The summed E-state index contributed by atoms with van der Waals surface area (Å²) in [7, 11) is 0. The van der Waals surface area contributed by atoms with Gasteiger partial charge in [-0.1, -0.05) is 36.9 Å². The van der Waals surface area contributed by atoms with Crippen molar-refractivity contribution in [2.45, 2.75) is 5.88 Å². The van der Waals surface area contributed by atoms with Crippen LogP contribution in [0.5, 0.6) is 0 Å². The van der Waals surface area contributed by atoms with Gasteiger partial charge in [0.1, 0.15) is 0 Å². The van der Waals surface area contributed by atoms with Crippen LogP contribution in [0, 0.1) is 6.58 Å². The highest BCUT2D eigenvalue weighted by Gasteiger charge is 1.87. The fourth-order valence-corrected chi connectivity index (χ4v) is 0.896. The lowest BCUT2D eigenvalue weighted by Gasteiger charge is -1.94. The molecule has 1 aromatic rings. The molecule has 0 bridgehead atoms. The Morgan fingerprint density at radius 1 is 1.30 bits per heavy atom. The highest BCUT2D eigenvalue weighted by molar-refractivity contribution is 6.17. The van der Waals surface area contributed by atoms with Crippen molar-refractivity contribution < 1.29 is 0 Å². The second-order valence-electron chi connectivity index (χ2n) is 2.04. The molecule has 1 radical (unpaired) electrons. The molecule has 0 heterocycles. The van der Waals surface area contributed by atoms with Crippen molar-refractivity contribution in [2.24, 2.45) is 0 Å². The van der Waals surface area contributed by atoms with E-state index in [-0.39, 0.29) is 0 Å². The lowest BCUT2D eigenvalue weighted by Crippen LogP contribution is -1.76. The summed E-state index contributed by atoms with van der Waals surface area (Å²) in [5, 5.41) is 0. The molecule has 1 rings (SSSR count). The first-order valence-electron chi connectivity index (χ1n) is 3.06. The Labute approximate surface area is 66.1 Å². The van der Waals surface area contributed by atoms with Crippen molar-refractivity contribution in [2.75, 3.05) is 0 Å². The summed E-state index contributed by atoms with van der Waals surface area (Å²) >= 11 is 5.58. The zero-order valence-corrected chi connectivity index (χ0v) is 6.31. The molecule has 0 saturated heterocycles. The monoisotopic (exact) mass is 151 g/mol. The maximum atomic E-state index is 5.58. The normalized spacial score (nSPS) is 9.30. The smallest absolute Gasteiger partial charge is 0.0474 e. The van der Waals surface area contributed by atoms with E-state index in [0.29, 0.717) is 5.88 Å². The molecule has 1 heteroatoms. The van der Waals surface area contributed by atoms with Crippen molar-refractivity contribution in [3.05, 3.63) is 42.0 Å². The van der Waals surface area contributed by atoms with Gasteiger partial charge < -0.3 is 0 Å². The average Bonchev–Trinajstić information content (AvgIpc) is 2.05. The van der Waals surface area contributed by atoms with E-state index in [1.165, 1.54) is 0 Å². The van der Waals surface area contributed by atoms with Gasteiger partial charge in [0.2, 0.25) is 0 Å². The van der Waals surface area contributed by atoms with Gasteiger partial charge in [-0.2, -0.15) is 0 Å². The first-order chi connectivity index (χ1) is 4.86. The van der Waals surface area contributed by atoms with Gasteiger partial charge in [0.05, 0.1) is 0 Å². The molecule has 0 nitrogen and oxygen atoms in total. The van der Waals surface area contributed by atoms with E-state index in [1.54, 1.807) is 6.08 Å². The van der Waals surface area contributed by atoms with Crippen molar-refractivity contribution >= 4 is 17.7 Å². The Morgan fingerprint density at radius 2 is 1.90 bits per heavy atom. The molecule has 1 aromatic carbocycles. The predicted octanol–water partition coefficient (Wildman–Crippen LogP) is 2.87. The van der Waals surface area contributed by atoms with Gasteiger partial charge in [-0.25, -0.2) is 0 Å². The molecule has 0 spiro atoms. The van der Waals surface area contributed by atoms with Crippen LogP contribution >= 0.6 is 11.6 Å². The third kappa shape index (κ3) is 1.61. The van der Waals surface area contributed by atoms with Gasteiger partial charge >= 0.3 is 0 Å². The molecule has 0 aliphatic carbocycles. The molecule has 0 aliphatic heterocycles. The van der Waals surface area contributed by atoms with Gasteiger partial charge in [0.25, 0.3) is 0 Å². The Balaban J connectivity index is 2.90. The van der Waals surface area contributed by atoms with Crippen molar-refractivity contribution in [3.63, 3.8) is 0 Å². The highest BCUT2D eigenvalue weighted by atomic mass is 35.5. The molecule has 0 N–H and O–H groups in total. The predicted molar refractivity (Wildman–Crippen MR) is 44.8 cm³/mol. The number of halogens is 1. The Kier molecular flexibility index (Phi) is 2.52. The molecule has 0 aromatic heterocycles. The Morgan fingerprint density at radius 3 is 2.30 bits per heavy atom. The van der Waals surface area contributed by atoms with E-state index in [0.717, 1.165) is 11.1 Å². The lowest BCUT2D eigenvalue weighted by molar-refractivity contribution is 1.40. The largest absolute Gasteiger partial charge is 0.122 e. The van der Waals surface area contributed by atoms with Crippen LogP contribution in [-0.4, -0.2) is 0 Å². The molecule has 0 unspecified atom stereocenters. The number of hydrogen-bond donors (Lipinski definition) is 0. The number of benzene rings is 1. The number of hydrogen-bond acceptors (Lipinski definition) is 0. The third-order valence-electron chi connectivity index (χ3n) is 1.33. The fraction of sp³-hybridized carbons (Fsp3) is 0.111. The Bertz CT molecular complexity index is 211. The van der Waals surface area contributed by atoms with Crippen molar-refractivity contribution in [3.8, 4) is 0 Å². The minimum Gasteiger partial charge on any atom is -0.122 e. The standard InChI is InChI=1S/C9H8Cl/c1-2-8-3-5-9(7-10)6-4-8/h1-6H,7H2. The molecule has 0 atom stereocenters. The van der Waals surface area contributed by atoms with Crippen LogP contribution in [0.2, 0.25) is 0 Å². The van der Waals surface area contributed by atoms with Gasteiger partial charge in [0.15, 0.2) is 0 Å². The Hall–Kier alpha value is -0.750. The SMILES string of the molecule is [CH]=Cc1ccc(CCl)cc1. The molecule has 0 amide bonds. The second-order valence-corrected chi connectivity index (χ2v) is 2.31. The van der Waals surface area contributed by atoms with Crippen molar-refractivity contribution in [1.29, 1.82) is 0 Å². The number of alkyl halides is 1. The molecular formula is C9H8Cl. The second kappa shape index (κ2) is 3.43. The average molecular weight is 152 g/mol. The van der Waals surface area contributed by atoms with E-state index < -0.39 is 0 Å². The van der Waals surface area contributed by atoms with Crippen LogP contribution in [-0.2, 0) is 5.88 Å². The van der Waals surface area contributed by atoms with E-state index in [2.05, 4.69) is 0 Å². The quantitative estimate of drug-likeness (QED) is 0.571. The molecule has 51 valence electrons. The molecule has 0 aliphatic rings. The summed E-state index contributed by atoms with van der Waals surface area (Å²) in [6.45, 7) is 5.28. The van der Waals surface area contributed by atoms with Crippen LogP contribution in [0.25, 0.3) is 6.08 Å². The van der Waals surface area contributed by atoms with Crippen LogP contribution in [0.1, 0.15) is 11.1 Å². The number of rotatable bonds is 2. The zero-order chi connectivity index (χ0) is 7.40. The summed E-state index contributed by atoms with van der Waals surface area (Å²) in [5.41, 5.74) is 2.14. The first kappa shape index (κ1) is 7.36. The van der Waals surface area contributed by atoms with E-state index in [9.17, 15) is 0 Å². The van der Waals surface area contributed by atoms with Crippen molar-refractivity contribution in [1.82, 2.24) is 0 Å². The lowest BCUT2D eigenvalue weighted by atomic mass is 10.1. The van der Waals surface area contributed by atoms with E-state index >= 15 is 0 Å². The summed E-state index contributed by atoms with van der Waals surface area (Å²) in [6.07, 6.45) is 1.57. The van der Waals surface area contributed by atoms with Crippen LogP contribution < -0.4 is 0 Å². The summed E-state index contributed by atoms with van der Waals surface area (Å²) in [6, 6.07) is 7.81. The maximum absolute atomic E-state index is 5.58. The minimum atomic E-state index is 0.560. The van der Waals surface area contributed by atoms with Crippen LogP contribution in [0.4, 0.5) is 0 Å². The maximum Gasteiger partial charge on any atom is 0.0474 e. The summed E-state index contributed by atoms with van der Waals surface area (Å²) in [5.74, 6) is 0.560. The van der Waals surface area contributed by atoms with Gasteiger partial charge in [-0.3, -0.25) is 0 Å². The van der Waals surface area contributed by atoms with Crippen LogP contribution in [0.15, 0.2) is 24.3 Å². The molecular weight excluding hydrogens is 144 g/mol. The topological polar surface area (TPSA) is 0 Å². The molecule has 10 heavy (non-hydrogen) atoms. The fourth-order valence-electron chi connectivity index (χ4n) is 0.718. The first-order valence-corrected chi connectivity index (χ1v) is 3.60. The molecule has 0 fully saturated rings. The minimum absolute atomic E-state index is 0.560. The van der Waals surface area contributed by atoms with Gasteiger partial charge in [-0.05, 0) is 11.1 Å². The molecule has 0 saturated carbocycles. The van der Waals surface area contributed by atoms with E-state index in [1.807, 2.05) is 24.3 Å². The third-order valence-corrected chi connectivity index (χ3v) is 1.64. The zero-order valence-electron chi connectivity index (χ0n) is 5.55. The highest BCUT2D eigenvalue weighted by Crippen LogP contribution is 2.06. The van der Waals surface area contributed by atoms with Gasteiger partial charge in [0, 0.05) is 5.88 Å².